The molecule has 0 atom stereocenters. The number of pyridine rings is 1. The van der Waals surface area contributed by atoms with Gasteiger partial charge in [0.1, 0.15) is 5.82 Å². The first-order valence-corrected chi connectivity index (χ1v) is 6.47. The van der Waals surface area contributed by atoms with Crippen molar-refractivity contribution < 1.29 is 0 Å². The molecule has 17 heavy (non-hydrogen) atoms. The fourth-order valence-electron chi connectivity index (χ4n) is 1.52. The van der Waals surface area contributed by atoms with Crippen LogP contribution in [-0.4, -0.2) is 19.7 Å². The van der Waals surface area contributed by atoms with Crippen molar-refractivity contribution in [3.8, 4) is 0 Å². The van der Waals surface area contributed by atoms with E-state index in [2.05, 4.69) is 22.1 Å². The monoisotopic (exact) mass is 249 g/mol. The highest BCUT2D eigenvalue weighted by Gasteiger charge is 2.09. The van der Waals surface area contributed by atoms with Gasteiger partial charge in [0.05, 0.1) is 6.54 Å². The molecule has 90 valence electrons. The summed E-state index contributed by atoms with van der Waals surface area (Å²) in [6, 6.07) is 4.01. The molecule has 0 aliphatic carbocycles. The van der Waals surface area contributed by atoms with Crippen LogP contribution in [0.1, 0.15) is 18.3 Å². The Morgan fingerprint density at radius 1 is 1.29 bits per heavy atom. The normalized spacial score (nSPS) is 10.7. The van der Waals surface area contributed by atoms with Gasteiger partial charge >= 0.3 is 0 Å². The molecule has 0 fully saturated rings. The van der Waals surface area contributed by atoms with Crippen molar-refractivity contribution in [2.45, 2.75) is 30.9 Å². The molecule has 2 aromatic rings. The Labute approximate surface area is 104 Å². The number of thioether (sulfide) groups is 1. The molecule has 2 heterocycles. The average molecular weight is 249 g/mol. The molecule has 0 radical (unpaired) electrons. The molecule has 6 heteroatoms. The Kier molecular flexibility index (Phi) is 4.11. The maximum atomic E-state index is 5.61. The van der Waals surface area contributed by atoms with Gasteiger partial charge in [0.2, 0.25) is 0 Å². The van der Waals surface area contributed by atoms with Crippen LogP contribution in [0.3, 0.4) is 0 Å². The molecular weight excluding hydrogens is 234 g/mol. The fourth-order valence-corrected chi connectivity index (χ4v) is 2.50. The highest BCUT2D eigenvalue weighted by Crippen LogP contribution is 2.21. The molecule has 5 nitrogen and oxygen atoms in total. The summed E-state index contributed by atoms with van der Waals surface area (Å²) >= 11 is 1.67. The molecule has 0 amide bonds. The largest absolute Gasteiger partial charge is 0.324 e. The molecule has 0 aliphatic rings. The van der Waals surface area contributed by atoms with Gasteiger partial charge in [-0.3, -0.25) is 4.98 Å². The predicted molar refractivity (Wildman–Crippen MR) is 67.4 cm³/mol. The topological polar surface area (TPSA) is 69.6 Å². The number of aromatic nitrogens is 4. The van der Waals surface area contributed by atoms with Crippen LogP contribution in [0.4, 0.5) is 0 Å². The molecule has 2 N–H and O–H groups in total. The van der Waals surface area contributed by atoms with Crippen molar-refractivity contribution in [2.24, 2.45) is 5.73 Å². The third-order valence-corrected chi connectivity index (χ3v) is 3.45. The van der Waals surface area contributed by atoms with Crippen molar-refractivity contribution in [1.29, 1.82) is 0 Å². The molecular formula is C11H15N5S. The zero-order chi connectivity index (χ0) is 12.1. The van der Waals surface area contributed by atoms with Gasteiger partial charge in [-0.2, -0.15) is 0 Å². The molecule has 2 aromatic heterocycles. The molecule has 0 bridgehead atoms. The van der Waals surface area contributed by atoms with Crippen LogP contribution >= 0.6 is 11.8 Å². The van der Waals surface area contributed by atoms with Gasteiger partial charge in [0, 0.05) is 24.7 Å². The number of hydrogen-bond acceptors (Lipinski definition) is 5. The summed E-state index contributed by atoms with van der Waals surface area (Å²) in [7, 11) is 0. The fraction of sp³-hybridized carbons (Fsp3) is 0.364. The summed E-state index contributed by atoms with van der Waals surface area (Å²) in [6.07, 6.45) is 3.59. The third kappa shape index (κ3) is 2.83. The molecule has 0 unspecified atom stereocenters. The Morgan fingerprint density at radius 2 is 2.06 bits per heavy atom. The summed E-state index contributed by atoms with van der Waals surface area (Å²) in [5, 5.41) is 9.15. The zero-order valence-electron chi connectivity index (χ0n) is 9.71. The van der Waals surface area contributed by atoms with Crippen LogP contribution in [0, 0.1) is 0 Å². The first-order chi connectivity index (χ1) is 8.35. The van der Waals surface area contributed by atoms with E-state index in [0.717, 1.165) is 23.3 Å². The van der Waals surface area contributed by atoms with Gasteiger partial charge in [-0.15, -0.1) is 10.2 Å². The standard InChI is InChI=1S/C11H15N5S/c1-2-16-10(7-12)14-15-11(16)17-8-9-3-5-13-6-4-9/h3-6H,2,7-8,12H2,1H3. The average Bonchev–Trinajstić information content (AvgIpc) is 2.79. The Bertz CT molecular complexity index is 468. The van der Waals surface area contributed by atoms with Crippen molar-refractivity contribution >= 4 is 11.8 Å². The van der Waals surface area contributed by atoms with Crippen LogP contribution in [0.2, 0.25) is 0 Å². The lowest BCUT2D eigenvalue weighted by atomic mass is 10.3. The minimum Gasteiger partial charge on any atom is -0.324 e. The van der Waals surface area contributed by atoms with Gasteiger partial charge in [-0.1, -0.05) is 11.8 Å². The number of hydrogen-bond donors (Lipinski definition) is 1. The van der Waals surface area contributed by atoms with E-state index in [9.17, 15) is 0 Å². The van der Waals surface area contributed by atoms with Crippen LogP contribution in [0.5, 0.6) is 0 Å². The molecule has 0 saturated carbocycles. The van der Waals surface area contributed by atoms with E-state index in [1.165, 1.54) is 5.56 Å². The second-order valence-corrected chi connectivity index (χ2v) is 4.43. The van der Waals surface area contributed by atoms with Crippen LogP contribution in [0.15, 0.2) is 29.7 Å². The van der Waals surface area contributed by atoms with Crippen molar-refractivity contribution in [1.82, 2.24) is 19.7 Å². The lowest BCUT2D eigenvalue weighted by Gasteiger charge is -2.05. The summed E-state index contributed by atoms with van der Waals surface area (Å²) < 4.78 is 2.05. The van der Waals surface area contributed by atoms with Crippen LogP contribution < -0.4 is 5.73 Å². The van der Waals surface area contributed by atoms with Gasteiger partial charge in [-0.25, -0.2) is 0 Å². The molecule has 0 aliphatic heterocycles. The van der Waals surface area contributed by atoms with Crippen molar-refractivity contribution in [2.75, 3.05) is 0 Å². The highest BCUT2D eigenvalue weighted by molar-refractivity contribution is 7.98. The van der Waals surface area contributed by atoms with Gasteiger partial charge in [0.25, 0.3) is 0 Å². The quantitative estimate of drug-likeness (QED) is 0.812. The second kappa shape index (κ2) is 5.79. The minimum absolute atomic E-state index is 0.427. The van der Waals surface area contributed by atoms with Gasteiger partial charge < -0.3 is 10.3 Å². The third-order valence-electron chi connectivity index (χ3n) is 2.41. The Balaban J connectivity index is 2.06. The Hall–Kier alpha value is -1.40. The summed E-state index contributed by atoms with van der Waals surface area (Å²) in [5.74, 6) is 1.70. The summed E-state index contributed by atoms with van der Waals surface area (Å²) in [5.41, 5.74) is 6.83. The van der Waals surface area contributed by atoms with Crippen molar-refractivity contribution in [3.05, 3.63) is 35.9 Å². The second-order valence-electron chi connectivity index (χ2n) is 3.49. The van der Waals surface area contributed by atoms with E-state index in [-0.39, 0.29) is 0 Å². The first-order valence-electron chi connectivity index (χ1n) is 5.49. The zero-order valence-corrected chi connectivity index (χ0v) is 10.5. The molecule has 0 spiro atoms. The summed E-state index contributed by atoms with van der Waals surface area (Å²) in [4.78, 5) is 3.99. The minimum atomic E-state index is 0.427. The molecule has 2 rings (SSSR count). The predicted octanol–water partition coefficient (Wildman–Crippen LogP) is 1.44. The van der Waals surface area contributed by atoms with Gasteiger partial charge in [-0.05, 0) is 24.6 Å². The lowest BCUT2D eigenvalue weighted by molar-refractivity contribution is 0.643. The van der Waals surface area contributed by atoms with E-state index < -0.39 is 0 Å². The number of nitrogens with zero attached hydrogens (tertiary/aromatic N) is 4. The lowest BCUT2D eigenvalue weighted by Crippen LogP contribution is -2.08. The van der Waals surface area contributed by atoms with Crippen LogP contribution in [0.25, 0.3) is 0 Å². The van der Waals surface area contributed by atoms with Crippen molar-refractivity contribution in [3.63, 3.8) is 0 Å². The van der Waals surface area contributed by atoms with E-state index in [1.807, 2.05) is 16.7 Å². The maximum Gasteiger partial charge on any atom is 0.191 e. The molecule has 0 saturated heterocycles. The van der Waals surface area contributed by atoms with E-state index in [1.54, 1.807) is 24.2 Å². The van der Waals surface area contributed by atoms with E-state index in [0.29, 0.717) is 6.54 Å². The van der Waals surface area contributed by atoms with E-state index in [4.69, 9.17) is 5.73 Å². The van der Waals surface area contributed by atoms with Crippen LogP contribution in [-0.2, 0) is 18.8 Å². The Morgan fingerprint density at radius 3 is 2.71 bits per heavy atom. The highest BCUT2D eigenvalue weighted by atomic mass is 32.2. The number of nitrogens with two attached hydrogens (primary N) is 1. The SMILES string of the molecule is CCn1c(CN)nnc1SCc1ccncc1. The smallest absolute Gasteiger partial charge is 0.191 e. The maximum absolute atomic E-state index is 5.61. The first kappa shape index (κ1) is 12.1. The number of rotatable bonds is 5. The van der Waals surface area contributed by atoms with E-state index >= 15 is 0 Å². The summed E-state index contributed by atoms with van der Waals surface area (Å²) in [6.45, 7) is 3.34. The van der Waals surface area contributed by atoms with Gasteiger partial charge in [0.15, 0.2) is 5.16 Å². The molecule has 0 aromatic carbocycles.